The van der Waals surface area contributed by atoms with Crippen LogP contribution in [0.5, 0.6) is 0 Å². The highest BCUT2D eigenvalue weighted by atomic mass is 19.4. The van der Waals surface area contributed by atoms with E-state index in [9.17, 15) is 18.0 Å². The van der Waals surface area contributed by atoms with Gasteiger partial charge in [-0.1, -0.05) is 35.5 Å². The Bertz CT molecular complexity index is 529. The van der Waals surface area contributed by atoms with Gasteiger partial charge in [-0.15, -0.1) is 0 Å². The minimum atomic E-state index is -4.43. The van der Waals surface area contributed by atoms with E-state index in [1.807, 2.05) is 30.3 Å². The van der Waals surface area contributed by atoms with Crippen LogP contribution in [-0.4, -0.2) is 35.8 Å². The van der Waals surface area contributed by atoms with E-state index in [0.717, 1.165) is 10.5 Å². The third-order valence-corrected chi connectivity index (χ3v) is 3.13. The molecule has 0 spiro atoms. The minimum absolute atomic E-state index is 0.0231. The molecule has 1 atom stereocenters. The molecular formula is C14H15F3N2O2. The van der Waals surface area contributed by atoms with E-state index in [4.69, 9.17) is 4.84 Å². The highest BCUT2D eigenvalue weighted by Crippen LogP contribution is 2.28. The smallest absolute Gasteiger partial charge is 0.387 e. The van der Waals surface area contributed by atoms with E-state index in [1.165, 1.54) is 6.92 Å². The third kappa shape index (κ3) is 3.96. The van der Waals surface area contributed by atoms with E-state index in [2.05, 4.69) is 5.16 Å². The summed E-state index contributed by atoms with van der Waals surface area (Å²) in [7, 11) is 0. The molecule has 1 unspecified atom stereocenters. The van der Waals surface area contributed by atoms with Crippen molar-refractivity contribution in [2.45, 2.75) is 25.6 Å². The highest BCUT2D eigenvalue weighted by molar-refractivity contribution is 6.39. The first-order chi connectivity index (χ1) is 9.90. The highest BCUT2D eigenvalue weighted by Gasteiger charge is 2.36. The Morgan fingerprint density at radius 3 is 2.62 bits per heavy atom. The Morgan fingerprint density at radius 1 is 1.38 bits per heavy atom. The molecule has 0 N–H and O–H groups in total. The van der Waals surface area contributed by atoms with Crippen molar-refractivity contribution >= 4 is 11.6 Å². The molecule has 21 heavy (non-hydrogen) atoms. The second kappa shape index (κ2) is 6.15. The Hall–Kier alpha value is -2.05. The first-order valence-electron chi connectivity index (χ1n) is 6.54. The lowest BCUT2D eigenvalue weighted by molar-refractivity contribution is -0.156. The van der Waals surface area contributed by atoms with Crippen LogP contribution in [-0.2, 0) is 9.63 Å². The van der Waals surface area contributed by atoms with Gasteiger partial charge in [-0.2, -0.15) is 13.2 Å². The number of alkyl halides is 3. The molecule has 1 aliphatic rings. The SMILES string of the molecule is CCN(CC(F)(F)F)C(=O)C1=NOC(c2ccccc2)C1. The number of rotatable bonds is 4. The fourth-order valence-corrected chi connectivity index (χ4v) is 2.08. The fourth-order valence-electron chi connectivity index (χ4n) is 2.08. The van der Waals surface area contributed by atoms with Crippen LogP contribution in [0.25, 0.3) is 0 Å². The number of hydrogen-bond acceptors (Lipinski definition) is 3. The van der Waals surface area contributed by atoms with E-state index in [0.29, 0.717) is 0 Å². The number of halogens is 3. The number of carbonyl (C=O) groups is 1. The van der Waals surface area contributed by atoms with Crippen LogP contribution in [0.3, 0.4) is 0 Å². The second-order valence-electron chi connectivity index (χ2n) is 4.68. The summed E-state index contributed by atoms with van der Waals surface area (Å²) in [6, 6.07) is 9.12. The average molecular weight is 300 g/mol. The van der Waals surface area contributed by atoms with Gasteiger partial charge in [0, 0.05) is 13.0 Å². The van der Waals surface area contributed by atoms with Crippen molar-refractivity contribution in [1.29, 1.82) is 0 Å². The molecular weight excluding hydrogens is 285 g/mol. The Kier molecular flexibility index (Phi) is 4.50. The zero-order valence-corrected chi connectivity index (χ0v) is 11.4. The summed E-state index contributed by atoms with van der Waals surface area (Å²) in [5, 5.41) is 3.65. The minimum Gasteiger partial charge on any atom is -0.387 e. The van der Waals surface area contributed by atoms with Crippen LogP contribution < -0.4 is 0 Å². The van der Waals surface area contributed by atoms with Gasteiger partial charge in [0.15, 0.2) is 6.10 Å². The molecule has 0 saturated carbocycles. The van der Waals surface area contributed by atoms with Crippen molar-refractivity contribution in [2.75, 3.05) is 13.1 Å². The number of amides is 1. The molecule has 114 valence electrons. The molecule has 0 bridgehead atoms. The topological polar surface area (TPSA) is 41.9 Å². The molecule has 0 aromatic heterocycles. The van der Waals surface area contributed by atoms with Gasteiger partial charge in [0.1, 0.15) is 12.3 Å². The molecule has 0 saturated heterocycles. The predicted molar refractivity (Wildman–Crippen MR) is 70.6 cm³/mol. The Morgan fingerprint density at radius 2 is 2.05 bits per heavy atom. The first kappa shape index (κ1) is 15.3. The summed E-state index contributed by atoms with van der Waals surface area (Å²) in [6.07, 6.45) is -4.67. The van der Waals surface area contributed by atoms with Gasteiger partial charge < -0.3 is 9.74 Å². The van der Waals surface area contributed by atoms with Gasteiger partial charge in [0.2, 0.25) is 0 Å². The maximum Gasteiger partial charge on any atom is 0.406 e. The van der Waals surface area contributed by atoms with Crippen LogP contribution in [0, 0.1) is 0 Å². The summed E-state index contributed by atoms with van der Waals surface area (Å²) in [5.41, 5.74) is 0.859. The van der Waals surface area contributed by atoms with Crippen LogP contribution in [0.4, 0.5) is 13.2 Å². The molecule has 2 rings (SSSR count). The van der Waals surface area contributed by atoms with Crippen LogP contribution in [0.1, 0.15) is 25.0 Å². The Labute approximate surface area is 120 Å². The zero-order valence-electron chi connectivity index (χ0n) is 11.4. The molecule has 0 radical (unpaired) electrons. The Balaban J connectivity index is 2.01. The van der Waals surface area contributed by atoms with Gasteiger partial charge in [0.25, 0.3) is 5.91 Å². The van der Waals surface area contributed by atoms with Crippen LogP contribution in [0.15, 0.2) is 35.5 Å². The molecule has 7 heteroatoms. The van der Waals surface area contributed by atoms with E-state index >= 15 is 0 Å². The quantitative estimate of drug-likeness (QED) is 0.858. The summed E-state index contributed by atoms with van der Waals surface area (Å²) >= 11 is 0. The van der Waals surface area contributed by atoms with Gasteiger partial charge in [0.05, 0.1) is 0 Å². The number of hydrogen-bond donors (Lipinski definition) is 0. The lowest BCUT2D eigenvalue weighted by Crippen LogP contribution is -2.42. The zero-order chi connectivity index (χ0) is 15.5. The van der Waals surface area contributed by atoms with Crippen molar-refractivity contribution in [3.05, 3.63) is 35.9 Å². The summed E-state index contributed by atoms with van der Waals surface area (Å²) in [5.74, 6) is -0.728. The van der Waals surface area contributed by atoms with E-state index in [-0.39, 0.29) is 18.7 Å². The molecule has 0 fully saturated rings. The van der Waals surface area contributed by atoms with Crippen LogP contribution >= 0.6 is 0 Å². The number of carbonyl (C=O) groups excluding carboxylic acids is 1. The van der Waals surface area contributed by atoms with Crippen molar-refractivity contribution in [3.8, 4) is 0 Å². The standard InChI is InChI=1S/C14H15F3N2O2/c1-2-19(9-14(15,16)17)13(20)11-8-12(21-18-11)10-6-4-3-5-7-10/h3-7,12H,2,8-9H2,1H3. The van der Waals surface area contributed by atoms with E-state index < -0.39 is 24.7 Å². The molecule has 1 aromatic rings. The van der Waals surface area contributed by atoms with Crippen molar-refractivity contribution in [1.82, 2.24) is 4.90 Å². The normalized spacial score (nSPS) is 18.1. The number of oxime groups is 1. The molecule has 1 amide bonds. The van der Waals surface area contributed by atoms with Crippen molar-refractivity contribution in [3.63, 3.8) is 0 Å². The number of nitrogens with zero attached hydrogens (tertiary/aromatic N) is 2. The van der Waals surface area contributed by atoms with Gasteiger partial charge in [-0.05, 0) is 12.5 Å². The second-order valence-corrected chi connectivity index (χ2v) is 4.68. The third-order valence-electron chi connectivity index (χ3n) is 3.13. The lowest BCUT2D eigenvalue weighted by atomic mass is 10.0. The monoisotopic (exact) mass is 300 g/mol. The molecule has 1 heterocycles. The van der Waals surface area contributed by atoms with Crippen molar-refractivity contribution < 1.29 is 22.8 Å². The largest absolute Gasteiger partial charge is 0.406 e. The predicted octanol–water partition coefficient (Wildman–Crippen LogP) is 2.91. The summed E-state index contributed by atoms with van der Waals surface area (Å²) in [6.45, 7) is 0.180. The molecule has 1 aromatic carbocycles. The van der Waals surface area contributed by atoms with Gasteiger partial charge in [-0.25, -0.2) is 0 Å². The maximum atomic E-state index is 12.4. The van der Waals surface area contributed by atoms with Crippen molar-refractivity contribution in [2.24, 2.45) is 5.16 Å². The lowest BCUT2D eigenvalue weighted by Gasteiger charge is -2.21. The first-order valence-corrected chi connectivity index (χ1v) is 6.54. The van der Waals surface area contributed by atoms with E-state index in [1.54, 1.807) is 0 Å². The summed E-state index contributed by atoms with van der Waals surface area (Å²) in [4.78, 5) is 17.9. The molecule has 4 nitrogen and oxygen atoms in total. The average Bonchev–Trinajstić information content (AvgIpc) is 2.94. The van der Waals surface area contributed by atoms with Crippen LogP contribution in [0.2, 0.25) is 0 Å². The summed E-state index contributed by atoms with van der Waals surface area (Å²) < 4.78 is 37.2. The number of benzene rings is 1. The van der Waals surface area contributed by atoms with Gasteiger partial charge in [-0.3, -0.25) is 4.79 Å². The van der Waals surface area contributed by atoms with Gasteiger partial charge >= 0.3 is 6.18 Å². The fraction of sp³-hybridized carbons (Fsp3) is 0.429. The molecule has 0 aliphatic carbocycles. The maximum absolute atomic E-state index is 12.4. The molecule has 1 aliphatic heterocycles.